The monoisotopic (exact) mass is 724 g/mol. The molecule has 2 aromatic heterocycles. The second kappa shape index (κ2) is 12.4. The Morgan fingerprint density at radius 1 is 0.316 bits per heavy atom. The van der Waals surface area contributed by atoms with Crippen LogP contribution < -0.4 is 0 Å². The van der Waals surface area contributed by atoms with Crippen LogP contribution in [0.5, 0.6) is 0 Å². The van der Waals surface area contributed by atoms with Crippen LogP contribution in [0.15, 0.2) is 194 Å². The van der Waals surface area contributed by atoms with Gasteiger partial charge in [0.15, 0.2) is 17.5 Å². The molecule has 0 aliphatic heterocycles. The summed E-state index contributed by atoms with van der Waals surface area (Å²) < 4.78 is 2.52. The van der Waals surface area contributed by atoms with Crippen molar-refractivity contribution in [1.82, 2.24) is 19.5 Å². The van der Waals surface area contributed by atoms with Gasteiger partial charge in [-0.3, -0.25) is 0 Å². The fraction of sp³-hybridized carbons (Fsp3) is 0. The first-order valence-electron chi connectivity index (χ1n) is 19.4. The number of fused-ring (bicyclic) bond motifs is 4. The van der Waals surface area contributed by atoms with Gasteiger partial charge in [-0.25, -0.2) is 15.0 Å². The van der Waals surface area contributed by atoms with Crippen LogP contribution in [0.3, 0.4) is 0 Å². The number of aromatic nitrogens is 4. The SMILES string of the molecule is c1ccc(-c2nc(-c3ccccc3)nc(-c3cc(-n4c5cccc6c5c5c7c(cccc7cc(-c7ccccc7)c54)-c4ccccc4-6)c4ccccc4c3)n2)cc1. The van der Waals surface area contributed by atoms with Crippen LogP contribution in [-0.4, -0.2) is 19.5 Å². The van der Waals surface area contributed by atoms with Crippen molar-refractivity contribution in [3.05, 3.63) is 194 Å². The van der Waals surface area contributed by atoms with Crippen LogP contribution in [0.2, 0.25) is 0 Å². The summed E-state index contributed by atoms with van der Waals surface area (Å²) in [7, 11) is 0. The summed E-state index contributed by atoms with van der Waals surface area (Å²) in [5.74, 6) is 1.91. The number of hydrogen-bond donors (Lipinski definition) is 0. The predicted molar refractivity (Wildman–Crippen MR) is 235 cm³/mol. The van der Waals surface area contributed by atoms with Crippen molar-refractivity contribution in [3.63, 3.8) is 0 Å². The third-order valence-corrected chi connectivity index (χ3v) is 11.5. The lowest BCUT2D eigenvalue weighted by atomic mass is 9.91. The van der Waals surface area contributed by atoms with E-state index < -0.39 is 0 Å². The largest absolute Gasteiger partial charge is 0.308 e. The topological polar surface area (TPSA) is 43.6 Å². The Morgan fingerprint density at radius 3 is 1.49 bits per heavy atom. The molecule has 4 nitrogen and oxygen atoms in total. The second-order valence-corrected chi connectivity index (χ2v) is 14.8. The molecule has 57 heavy (non-hydrogen) atoms. The molecule has 4 heteroatoms. The summed E-state index contributed by atoms with van der Waals surface area (Å²) in [6, 6.07) is 69.3. The minimum absolute atomic E-state index is 0.627. The van der Waals surface area contributed by atoms with Gasteiger partial charge in [0, 0.05) is 38.4 Å². The molecule has 9 aromatic carbocycles. The Balaban J connectivity index is 1.24. The van der Waals surface area contributed by atoms with E-state index in [0.29, 0.717) is 17.5 Å². The van der Waals surface area contributed by atoms with Crippen LogP contribution >= 0.6 is 0 Å². The molecule has 0 fully saturated rings. The summed E-state index contributed by atoms with van der Waals surface area (Å²) in [4.78, 5) is 15.4. The van der Waals surface area contributed by atoms with E-state index in [1.807, 2.05) is 36.4 Å². The average Bonchev–Trinajstić information content (AvgIpc) is 3.58. The Bertz CT molecular complexity index is 3330. The number of rotatable bonds is 5. The normalized spacial score (nSPS) is 11.9. The van der Waals surface area contributed by atoms with Gasteiger partial charge in [0.05, 0.1) is 16.7 Å². The fourth-order valence-corrected chi connectivity index (χ4v) is 9.06. The van der Waals surface area contributed by atoms with Gasteiger partial charge in [-0.05, 0) is 68.2 Å². The van der Waals surface area contributed by atoms with Gasteiger partial charge >= 0.3 is 0 Å². The molecule has 12 rings (SSSR count). The van der Waals surface area contributed by atoms with E-state index in [2.05, 4.69) is 162 Å². The minimum atomic E-state index is 0.627. The maximum absolute atomic E-state index is 5.19. The van der Waals surface area contributed by atoms with Crippen LogP contribution in [0, 0.1) is 0 Å². The average molecular weight is 725 g/mol. The highest BCUT2D eigenvalue weighted by atomic mass is 15.0. The molecule has 0 saturated heterocycles. The molecule has 0 spiro atoms. The van der Waals surface area contributed by atoms with Crippen molar-refractivity contribution in [2.45, 2.75) is 0 Å². The highest BCUT2D eigenvalue weighted by molar-refractivity contribution is 6.33. The molecule has 1 aliphatic rings. The number of nitrogens with zero attached hydrogens (tertiary/aromatic N) is 4. The molecular weight excluding hydrogens is 693 g/mol. The van der Waals surface area contributed by atoms with Crippen molar-refractivity contribution < 1.29 is 0 Å². The Kier molecular flexibility index (Phi) is 6.89. The van der Waals surface area contributed by atoms with Crippen LogP contribution in [-0.2, 0) is 0 Å². The summed E-state index contributed by atoms with van der Waals surface area (Å²) in [6.07, 6.45) is 0. The van der Waals surface area contributed by atoms with Crippen molar-refractivity contribution in [3.8, 4) is 73.2 Å². The first-order valence-corrected chi connectivity index (χ1v) is 19.4. The fourth-order valence-electron chi connectivity index (χ4n) is 9.06. The molecule has 11 aromatic rings. The molecule has 264 valence electrons. The third-order valence-electron chi connectivity index (χ3n) is 11.5. The quantitative estimate of drug-likeness (QED) is 0.177. The molecule has 0 N–H and O–H groups in total. The van der Waals surface area contributed by atoms with Gasteiger partial charge in [-0.2, -0.15) is 0 Å². The second-order valence-electron chi connectivity index (χ2n) is 14.8. The number of benzene rings is 9. The highest BCUT2D eigenvalue weighted by Gasteiger charge is 2.28. The van der Waals surface area contributed by atoms with Gasteiger partial charge < -0.3 is 4.57 Å². The van der Waals surface area contributed by atoms with Gasteiger partial charge in [-0.15, -0.1) is 0 Å². The van der Waals surface area contributed by atoms with Crippen molar-refractivity contribution in [2.24, 2.45) is 0 Å². The van der Waals surface area contributed by atoms with Gasteiger partial charge in [0.2, 0.25) is 0 Å². The minimum Gasteiger partial charge on any atom is -0.308 e. The molecule has 0 saturated carbocycles. The van der Waals surface area contributed by atoms with Crippen LogP contribution in [0.4, 0.5) is 0 Å². The highest BCUT2D eigenvalue weighted by Crippen LogP contribution is 2.52. The van der Waals surface area contributed by atoms with E-state index in [4.69, 9.17) is 15.0 Å². The third kappa shape index (κ3) is 4.84. The summed E-state index contributed by atoms with van der Waals surface area (Å²) in [5.41, 5.74) is 13.6. The van der Waals surface area contributed by atoms with Crippen molar-refractivity contribution in [1.29, 1.82) is 0 Å². The Morgan fingerprint density at radius 2 is 0.825 bits per heavy atom. The maximum atomic E-state index is 5.19. The molecular formula is C53H32N4. The van der Waals surface area contributed by atoms with E-state index in [1.54, 1.807) is 0 Å². The lowest BCUT2D eigenvalue weighted by Gasteiger charge is -2.18. The summed E-state index contributed by atoms with van der Waals surface area (Å²) >= 11 is 0. The Hall–Kier alpha value is -7.69. The molecule has 1 aliphatic carbocycles. The van der Waals surface area contributed by atoms with Gasteiger partial charge in [0.1, 0.15) is 0 Å². The molecule has 0 unspecified atom stereocenters. The lowest BCUT2D eigenvalue weighted by Crippen LogP contribution is -2.02. The zero-order valence-electron chi connectivity index (χ0n) is 30.8. The zero-order chi connectivity index (χ0) is 37.5. The smallest absolute Gasteiger partial charge is 0.164 e. The molecule has 0 atom stereocenters. The maximum Gasteiger partial charge on any atom is 0.164 e. The molecule has 0 radical (unpaired) electrons. The van der Waals surface area contributed by atoms with E-state index in [0.717, 1.165) is 38.7 Å². The van der Waals surface area contributed by atoms with E-state index in [-0.39, 0.29) is 0 Å². The predicted octanol–water partition coefficient (Wildman–Crippen LogP) is 13.6. The van der Waals surface area contributed by atoms with E-state index >= 15 is 0 Å². The molecule has 0 amide bonds. The van der Waals surface area contributed by atoms with Gasteiger partial charge in [-0.1, -0.05) is 170 Å². The first kappa shape index (κ1) is 31.6. The van der Waals surface area contributed by atoms with Gasteiger partial charge in [0.25, 0.3) is 0 Å². The van der Waals surface area contributed by atoms with E-state index in [1.165, 1.54) is 60.4 Å². The first-order chi connectivity index (χ1) is 28.3. The molecule has 0 bridgehead atoms. The van der Waals surface area contributed by atoms with Crippen LogP contribution in [0.25, 0.3) is 117 Å². The Labute approximate surface area is 329 Å². The standard InChI is InChI=1S/C53H32N4/c1-4-16-33(17-5-1)44-31-37-23-14-27-42-40-25-12-13-26-41(40)43-28-15-29-45-48(43)49(47(37)42)50(44)57(45)46-32-38(30-36-22-10-11-24-39(36)46)53-55-51(34-18-6-2-7-19-34)54-52(56-53)35-20-8-3-9-21-35/h1-32H. The van der Waals surface area contributed by atoms with Crippen LogP contribution in [0.1, 0.15) is 0 Å². The van der Waals surface area contributed by atoms with E-state index in [9.17, 15) is 0 Å². The number of hydrogen-bond acceptors (Lipinski definition) is 3. The lowest BCUT2D eigenvalue weighted by molar-refractivity contribution is 1.07. The van der Waals surface area contributed by atoms with Crippen molar-refractivity contribution in [2.75, 3.05) is 0 Å². The summed E-state index contributed by atoms with van der Waals surface area (Å²) in [6.45, 7) is 0. The zero-order valence-corrected chi connectivity index (χ0v) is 30.8. The summed E-state index contributed by atoms with van der Waals surface area (Å²) in [5, 5.41) is 7.31. The molecule has 2 heterocycles. The van der Waals surface area contributed by atoms with Crippen molar-refractivity contribution >= 4 is 43.4 Å².